The van der Waals surface area contributed by atoms with Crippen LogP contribution in [0.25, 0.3) is 0 Å². The lowest BCUT2D eigenvalue weighted by Gasteiger charge is -2.14. The van der Waals surface area contributed by atoms with Crippen LogP contribution in [0, 0.1) is 0 Å². The molecule has 0 spiro atoms. The molecule has 0 aliphatic carbocycles. The highest BCUT2D eigenvalue weighted by molar-refractivity contribution is 8.79. The Balaban J connectivity index is 3.13. The summed E-state index contributed by atoms with van der Waals surface area (Å²) in [6, 6.07) is 0. The first-order valence-corrected chi connectivity index (χ1v) is 14.6. The molecule has 0 saturated heterocycles. The maximum Gasteiger partial charge on any atom is 0.0164 e. The largest absolute Gasteiger partial charge is 0.0533 e. The third-order valence-corrected chi connectivity index (χ3v) is 6.78. The second-order valence-electron chi connectivity index (χ2n) is 4.24. The lowest BCUT2D eigenvalue weighted by molar-refractivity contribution is 0.588. The summed E-state index contributed by atoms with van der Waals surface area (Å²) < 4.78 is 0. The van der Waals surface area contributed by atoms with E-state index in [4.69, 9.17) is 64.1 Å². The molecule has 0 unspecified atom stereocenters. The van der Waals surface area contributed by atoms with Crippen LogP contribution in [-0.4, -0.2) is 11.5 Å². The van der Waals surface area contributed by atoms with Crippen LogP contribution in [0.2, 0.25) is 0 Å². The monoisotopic (exact) mass is 414 g/mol. The smallest absolute Gasteiger partial charge is 0.0164 e. The van der Waals surface area contributed by atoms with E-state index in [9.17, 15) is 0 Å². The third-order valence-electron chi connectivity index (χ3n) is 2.50. The van der Waals surface area contributed by atoms with Crippen LogP contribution in [0.4, 0.5) is 0 Å². The van der Waals surface area contributed by atoms with Gasteiger partial charge in [-0.3, -0.25) is 0 Å². The topological polar surface area (TPSA) is 0 Å². The van der Waals surface area contributed by atoms with Gasteiger partial charge in [0.25, 0.3) is 0 Å². The van der Waals surface area contributed by atoms with Gasteiger partial charge >= 0.3 is 0 Å². The van der Waals surface area contributed by atoms with Crippen LogP contribution in [0.3, 0.4) is 0 Å². The second-order valence-corrected chi connectivity index (χ2v) is 19.4. The van der Waals surface area contributed by atoms with Gasteiger partial charge in [-0.25, -0.2) is 0 Å². The fourth-order valence-electron chi connectivity index (χ4n) is 1.59. The van der Waals surface area contributed by atoms with Gasteiger partial charge in [0.2, 0.25) is 0 Å². The van der Waals surface area contributed by atoms with Crippen molar-refractivity contribution >= 4 is 79.4 Å². The summed E-state index contributed by atoms with van der Waals surface area (Å²) in [5.74, 6) is 1.45. The third kappa shape index (κ3) is 18.4. The van der Waals surface area contributed by atoms with Crippen LogP contribution in [0.5, 0.6) is 0 Å². The van der Waals surface area contributed by atoms with Crippen molar-refractivity contribution in [3.8, 4) is 0 Å². The number of hydrogen-bond donors (Lipinski definition) is 0. The summed E-state index contributed by atoms with van der Waals surface area (Å²) in [6.45, 7) is 0. The summed E-state index contributed by atoms with van der Waals surface area (Å²) in [4.78, 5) is 0. The molecule has 0 saturated carbocycles. The molecule has 0 radical (unpaired) electrons. The van der Waals surface area contributed by atoms with Crippen molar-refractivity contribution in [1.29, 1.82) is 0 Å². The van der Waals surface area contributed by atoms with E-state index in [0.29, 0.717) is 0 Å². The van der Waals surface area contributed by atoms with Gasteiger partial charge < -0.3 is 0 Å². The summed E-state index contributed by atoms with van der Waals surface area (Å²) in [6.07, 6.45) is 9.26. The molecule has 0 N–H and O–H groups in total. The van der Waals surface area contributed by atoms with Gasteiger partial charge in [0.05, 0.1) is 0 Å². The fourth-order valence-corrected chi connectivity index (χ4v) is 4.62. The Bertz CT molecular complexity index is 180. The van der Waals surface area contributed by atoms with Crippen LogP contribution in [0.15, 0.2) is 0 Å². The van der Waals surface area contributed by atoms with Gasteiger partial charge in [-0.05, 0) is 92.3 Å². The molecule has 0 atom stereocenters. The molecule has 0 heterocycles. The van der Waals surface area contributed by atoms with Crippen LogP contribution in [0.1, 0.15) is 51.4 Å². The van der Waals surface area contributed by atoms with Crippen molar-refractivity contribution in [3.63, 3.8) is 0 Å². The molecule has 18 heavy (non-hydrogen) atoms. The van der Waals surface area contributed by atoms with E-state index in [2.05, 4.69) is 0 Å². The molecule has 114 valence electrons. The van der Waals surface area contributed by atoms with Gasteiger partial charge in [0, 0.05) is 11.5 Å². The summed E-state index contributed by atoms with van der Waals surface area (Å²) in [5.41, 5.74) is 0. The molecular weight excluding hydrogens is 397 g/mol. The van der Waals surface area contributed by atoms with Crippen LogP contribution >= 0.6 is 79.4 Å². The highest BCUT2D eigenvalue weighted by Crippen LogP contribution is 2.64. The van der Waals surface area contributed by atoms with Crippen molar-refractivity contribution in [2.45, 2.75) is 51.4 Å². The van der Waals surface area contributed by atoms with Crippen molar-refractivity contribution in [2.75, 3.05) is 11.5 Å². The zero-order chi connectivity index (χ0) is 14.1. The minimum atomic E-state index is -1.86. The maximum absolute atomic E-state index is 5.75. The fraction of sp³-hybridized carbons (Fsp3) is 1.00. The molecule has 0 aromatic carbocycles. The van der Waals surface area contributed by atoms with Crippen molar-refractivity contribution in [2.24, 2.45) is 0 Å². The standard InChI is InChI=1S/C10H20Cl6S2/c11-17(12,13)9-7-5-3-1-2-4-6-8-10-18(14,15)16/h1-10H2. The molecule has 0 aromatic heterocycles. The average Bonchev–Trinajstić information content (AvgIpc) is 2.17. The van der Waals surface area contributed by atoms with Crippen molar-refractivity contribution in [3.05, 3.63) is 0 Å². The van der Waals surface area contributed by atoms with Gasteiger partial charge in [-0.15, -0.1) is 0 Å². The average molecular weight is 417 g/mol. The van der Waals surface area contributed by atoms with E-state index in [0.717, 1.165) is 37.2 Å². The number of halogens is 6. The number of unbranched alkanes of at least 4 members (excludes halogenated alkanes) is 7. The Kier molecular flexibility index (Phi) is 12.6. The number of rotatable bonds is 11. The molecule has 0 aliphatic rings. The molecule has 0 bridgehead atoms. The first-order valence-electron chi connectivity index (χ1n) is 6.00. The predicted octanol–water partition coefficient (Wildman–Crippen LogP) is 8.64. The molecule has 0 aromatic rings. The molecule has 0 nitrogen and oxygen atoms in total. The SMILES string of the molecule is ClS(Cl)(Cl)CCCCCCCCCCS(Cl)(Cl)Cl. The summed E-state index contributed by atoms with van der Waals surface area (Å²) in [5, 5.41) is 0. The Labute approximate surface area is 141 Å². The lowest BCUT2D eigenvalue weighted by atomic mass is 10.1. The maximum atomic E-state index is 5.75. The minimum absolute atomic E-state index is 0.726. The molecule has 0 amide bonds. The molecular formula is C10H20Cl6S2. The highest BCUT2D eigenvalue weighted by Gasteiger charge is 2.12. The van der Waals surface area contributed by atoms with Gasteiger partial charge in [-0.2, -0.15) is 0 Å². The Morgan fingerprint density at radius 3 is 0.833 bits per heavy atom. The van der Waals surface area contributed by atoms with Gasteiger partial charge in [-0.1, -0.05) is 38.5 Å². The van der Waals surface area contributed by atoms with E-state index < -0.39 is 15.3 Å². The van der Waals surface area contributed by atoms with Crippen molar-refractivity contribution in [1.82, 2.24) is 0 Å². The van der Waals surface area contributed by atoms with Crippen LogP contribution in [-0.2, 0) is 0 Å². The van der Waals surface area contributed by atoms with Crippen LogP contribution < -0.4 is 0 Å². The highest BCUT2D eigenvalue weighted by atomic mass is 36.2. The Morgan fingerprint density at radius 1 is 0.389 bits per heavy atom. The van der Waals surface area contributed by atoms with E-state index in [1.54, 1.807) is 0 Å². The summed E-state index contributed by atoms with van der Waals surface area (Å²) in [7, 11) is 30.8. The second kappa shape index (κ2) is 11.1. The number of hydrogen-bond acceptors (Lipinski definition) is 0. The van der Waals surface area contributed by atoms with Crippen molar-refractivity contribution < 1.29 is 0 Å². The minimum Gasteiger partial charge on any atom is -0.0533 e. The Morgan fingerprint density at radius 2 is 0.611 bits per heavy atom. The lowest BCUT2D eigenvalue weighted by Crippen LogP contribution is -1.87. The van der Waals surface area contributed by atoms with E-state index in [1.165, 1.54) is 25.7 Å². The summed E-state index contributed by atoms with van der Waals surface area (Å²) >= 11 is 0. The van der Waals surface area contributed by atoms with Gasteiger partial charge in [0.15, 0.2) is 0 Å². The zero-order valence-corrected chi connectivity index (χ0v) is 16.3. The predicted molar refractivity (Wildman–Crippen MR) is 97.0 cm³/mol. The normalized spacial score (nSPS) is 14.8. The molecule has 0 rings (SSSR count). The molecule has 0 fully saturated rings. The Hall–Kier alpha value is 2.44. The molecule has 0 aliphatic heterocycles. The van der Waals surface area contributed by atoms with Gasteiger partial charge in [0.1, 0.15) is 0 Å². The molecule has 8 heteroatoms. The first kappa shape index (κ1) is 20.4. The zero-order valence-electron chi connectivity index (χ0n) is 10.2. The first-order chi connectivity index (χ1) is 8.21. The van der Waals surface area contributed by atoms with E-state index in [1.807, 2.05) is 0 Å². The van der Waals surface area contributed by atoms with E-state index >= 15 is 0 Å². The quantitative estimate of drug-likeness (QED) is 0.295. The van der Waals surface area contributed by atoms with E-state index in [-0.39, 0.29) is 0 Å².